The predicted octanol–water partition coefficient (Wildman–Crippen LogP) is 2.36. The maximum atomic E-state index is 5.65. The van der Waals surface area contributed by atoms with Gasteiger partial charge in [-0.1, -0.05) is 24.0 Å². The van der Waals surface area contributed by atoms with Gasteiger partial charge >= 0.3 is 0 Å². The minimum atomic E-state index is 0.0752. The molecule has 2 heterocycles. The lowest BCUT2D eigenvalue weighted by Gasteiger charge is -2.29. The summed E-state index contributed by atoms with van der Waals surface area (Å²) in [6.07, 6.45) is 5.00. The van der Waals surface area contributed by atoms with Gasteiger partial charge in [-0.2, -0.15) is 0 Å². The number of hydrogen-bond donors (Lipinski definition) is 0. The largest absolute Gasteiger partial charge is 0.477 e. The van der Waals surface area contributed by atoms with Crippen molar-refractivity contribution in [2.45, 2.75) is 31.2 Å². The molecule has 1 saturated heterocycles. The van der Waals surface area contributed by atoms with Gasteiger partial charge in [-0.25, -0.2) is 0 Å². The second-order valence-corrected chi connectivity index (χ2v) is 6.10. The third kappa shape index (κ3) is 1.57. The van der Waals surface area contributed by atoms with Crippen LogP contribution in [0, 0.1) is 0 Å². The summed E-state index contributed by atoms with van der Waals surface area (Å²) in [5, 5.41) is 0. The second-order valence-electron chi connectivity index (χ2n) is 3.81. The van der Waals surface area contributed by atoms with Gasteiger partial charge in [0.15, 0.2) is 6.23 Å². The molecule has 0 aromatic carbocycles. The zero-order valence-electron chi connectivity index (χ0n) is 7.82. The van der Waals surface area contributed by atoms with E-state index in [9.17, 15) is 0 Å². The lowest BCUT2D eigenvalue weighted by molar-refractivity contribution is 0.0298. The molecule has 72 valence electrons. The van der Waals surface area contributed by atoms with Crippen LogP contribution in [0.2, 0.25) is 0 Å². The fourth-order valence-electron chi connectivity index (χ4n) is 1.66. The van der Waals surface area contributed by atoms with Crippen molar-refractivity contribution in [1.29, 1.82) is 0 Å². The molecule has 0 bridgehead atoms. The van der Waals surface area contributed by atoms with E-state index in [1.807, 2.05) is 0 Å². The fraction of sp³-hybridized carbons (Fsp3) is 0.667. The molecule has 2 rings (SSSR count). The monoisotopic (exact) mass is 215 g/mol. The lowest BCUT2D eigenvalue weighted by atomic mass is 10.1. The summed E-state index contributed by atoms with van der Waals surface area (Å²) >= 11 is 7.04. The van der Waals surface area contributed by atoms with Gasteiger partial charge in [-0.15, -0.1) is 0 Å². The summed E-state index contributed by atoms with van der Waals surface area (Å²) in [6.45, 7) is 5.33. The van der Waals surface area contributed by atoms with E-state index in [4.69, 9.17) is 17.0 Å². The molecular weight excluding hydrogens is 202 g/mol. The maximum absolute atomic E-state index is 5.65. The zero-order chi connectivity index (χ0) is 9.47. The standard InChI is InChI=1S/C9H13NOS2/c1-9(2)7-10(8(12)13-9)5-3-4-6-11-7/h4,6-7H,3,5H2,1-2H3. The van der Waals surface area contributed by atoms with Crippen LogP contribution in [-0.4, -0.2) is 26.7 Å². The number of ether oxygens (including phenoxy) is 1. The molecule has 0 amide bonds. The van der Waals surface area contributed by atoms with E-state index in [1.165, 1.54) is 0 Å². The number of hydrogen-bond acceptors (Lipinski definition) is 3. The Labute approximate surface area is 88.3 Å². The van der Waals surface area contributed by atoms with Crippen LogP contribution in [0.3, 0.4) is 0 Å². The topological polar surface area (TPSA) is 12.5 Å². The van der Waals surface area contributed by atoms with E-state index in [1.54, 1.807) is 18.0 Å². The summed E-state index contributed by atoms with van der Waals surface area (Å²) < 4.78 is 6.70. The Morgan fingerprint density at radius 2 is 2.46 bits per heavy atom. The first-order valence-electron chi connectivity index (χ1n) is 4.41. The quantitative estimate of drug-likeness (QED) is 0.575. The Morgan fingerprint density at radius 3 is 3.23 bits per heavy atom. The average molecular weight is 215 g/mol. The van der Waals surface area contributed by atoms with E-state index in [0.717, 1.165) is 17.3 Å². The smallest absolute Gasteiger partial charge is 0.187 e. The van der Waals surface area contributed by atoms with Gasteiger partial charge < -0.3 is 9.64 Å². The Morgan fingerprint density at radius 1 is 1.69 bits per heavy atom. The number of rotatable bonds is 0. The number of thioether (sulfide) groups is 1. The van der Waals surface area contributed by atoms with Gasteiger partial charge in [0.1, 0.15) is 4.32 Å². The molecule has 2 aliphatic heterocycles. The SMILES string of the molecule is CC1(C)SC(=S)N2CCC=COC21. The molecule has 13 heavy (non-hydrogen) atoms. The maximum Gasteiger partial charge on any atom is 0.187 e. The molecule has 0 aliphatic carbocycles. The summed E-state index contributed by atoms with van der Waals surface area (Å²) in [5.41, 5.74) is 0. The number of thiocarbonyl (C=S) groups is 1. The van der Waals surface area contributed by atoms with Crippen molar-refractivity contribution in [3.63, 3.8) is 0 Å². The Balaban J connectivity index is 2.25. The van der Waals surface area contributed by atoms with Gasteiger partial charge in [0.25, 0.3) is 0 Å². The Bertz CT molecular complexity index is 262. The van der Waals surface area contributed by atoms with E-state index in [-0.39, 0.29) is 11.0 Å². The highest BCUT2D eigenvalue weighted by molar-refractivity contribution is 8.24. The van der Waals surface area contributed by atoms with Gasteiger partial charge in [0.05, 0.1) is 11.0 Å². The summed E-state index contributed by atoms with van der Waals surface area (Å²) in [5.74, 6) is 0. The first kappa shape index (κ1) is 9.34. The molecule has 0 spiro atoms. The first-order chi connectivity index (χ1) is 6.11. The third-order valence-electron chi connectivity index (χ3n) is 2.30. The van der Waals surface area contributed by atoms with E-state index < -0.39 is 0 Å². The summed E-state index contributed by atoms with van der Waals surface area (Å²) in [7, 11) is 0. The van der Waals surface area contributed by atoms with Crippen molar-refractivity contribution >= 4 is 28.3 Å². The fourth-order valence-corrected chi connectivity index (χ4v) is 3.53. The van der Waals surface area contributed by atoms with E-state index in [0.29, 0.717) is 0 Å². The van der Waals surface area contributed by atoms with Crippen LogP contribution in [0.4, 0.5) is 0 Å². The van der Waals surface area contributed by atoms with Crippen molar-refractivity contribution in [2.24, 2.45) is 0 Å². The van der Waals surface area contributed by atoms with E-state index >= 15 is 0 Å². The van der Waals surface area contributed by atoms with Crippen LogP contribution in [-0.2, 0) is 4.74 Å². The molecule has 1 atom stereocenters. The van der Waals surface area contributed by atoms with Crippen LogP contribution in [0.15, 0.2) is 12.3 Å². The van der Waals surface area contributed by atoms with Crippen LogP contribution < -0.4 is 0 Å². The summed E-state index contributed by atoms with van der Waals surface area (Å²) in [6, 6.07) is 0. The molecule has 0 aromatic rings. The molecule has 4 heteroatoms. The molecule has 0 saturated carbocycles. The lowest BCUT2D eigenvalue weighted by Crippen LogP contribution is -2.41. The zero-order valence-corrected chi connectivity index (χ0v) is 9.45. The third-order valence-corrected chi connectivity index (χ3v) is 3.92. The number of fused-ring (bicyclic) bond motifs is 1. The highest BCUT2D eigenvalue weighted by atomic mass is 32.2. The Kier molecular flexibility index (Phi) is 2.28. The van der Waals surface area contributed by atoms with Crippen molar-refractivity contribution < 1.29 is 4.74 Å². The van der Waals surface area contributed by atoms with Gasteiger partial charge in [0, 0.05) is 6.54 Å². The highest BCUT2D eigenvalue weighted by Gasteiger charge is 2.45. The molecule has 0 radical (unpaired) electrons. The van der Waals surface area contributed by atoms with Crippen molar-refractivity contribution in [3.05, 3.63) is 12.3 Å². The van der Waals surface area contributed by atoms with Gasteiger partial charge in [-0.3, -0.25) is 0 Å². The average Bonchev–Trinajstić information content (AvgIpc) is 2.28. The Hall–Kier alpha value is -0.220. The molecule has 1 fully saturated rings. The molecule has 0 N–H and O–H groups in total. The van der Waals surface area contributed by atoms with Crippen LogP contribution in [0.25, 0.3) is 0 Å². The van der Waals surface area contributed by atoms with Crippen molar-refractivity contribution in [1.82, 2.24) is 4.90 Å². The first-order valence-corrected chi connectivity index (χ1v) is 5.64. The molecule has 1 unspecified atom stereocenters. The molecule has 2 nitrogen and oxygen atoms in total. The second kappa shape index (κ2) is 3.17. The van der Waals surface area contributed by atoms with Crippen LogP contribution in [0.1, 0.15) is 20.3 Å². The predicted molar refractivity (Wildman–Crippen MR) is 59.6 cm³/mol. The van der Waals surface area contributed by atoms with Crippen LogP contribution in [0.5, 0.6) is 0 Å². The normalized spacial score (nSPS) is 31.1. The van der Waals surface area contributed by atoms with Gasteiger partial charge in [-0.05, 0) is 26.3 Å². The molecular formula is C9H13NOS2. The molecule has 0 aromatic heterocycles. The van der Waals surface area contributed by atoms with Crippen molar-refractivity contribution in [2.75, 3.05) is 6.54 Å². The minimum absolute atomic E-state index is 0.0752. The van der Waals surface area contributed by atoms with Crippen LogP contribution >= 0.6 is 24.0 Å². The van der Waals surface area contributed by atoms with Crippen molar-refractivity contribution in [3.8, 4) is 0 Å². The number of nitrogens with zero attached hydrogens (tertiary/aromatic N) is 1. The van der Waals surface area contributed by atoms with Gasteiger partial charge in [0.2, 0.25) is 0 Å². The summed E-state index contributed by atoms with van der Waals surface area (Å²) in [4.78, 5) is 2.18. The molecule has 2 aliphatic rings. The minimum Gasteiger partial charge on any atom is -0.477 e. The highest BCUT2D eigenvalue weighted by Crippen LogP contribution is 2.42. The van der Waals surface area contributed by atoms with E-state index in [2.05, 4.69) is 24.8 Å².